The Hall–Kier alpha value is -0.160. The molecule has 0 aromatic rings. The molecule has 0 bridgehead atoms. The molecule has 0 aliphatic heterocycles. The average molecular weight is 135 g/mol. The summed E-state index contributed by atoms with van der Waals surface area (Å²) in [6.07, 6.45) is -1.03. The summed E-state index contributed by atoms with van der Waals surface area (Å²) in [5.41, 5.74) is 0. The van der Waals surface area contributed by atoms with E-state index in [9.17, 15) is 0 Å². The molecule has 56 valence electrons. The highest BCUT2D eigenvalue weighted by Crippen LogP contribution is 1.93. The van der Waals surface area contributed by atoms with Crippen molar-refractivity contribution >= 4 is 0 Å². The van der Waals surface area contributed by atoms with Crippen molar-refractivity contribution in [1.82, 2.24) is 5.32 Å². The van der Waals surface area contributed by atoms with E-state index in [0.717, 1.165) is 0 Å². The number of aliphatic hydroxyl groups excluding tert-OH is 2. The smallest absolute Gasteiger partial charge is 0.167 e. The Labute approximate surface area is 54.1 Å². The predicted molar refractivity (Wildman–Crippen MR) is 32.8 cm³/mol. The fourth-order valence-electron chi connectivity index (χ4n) is 0.582. The second-order valence-corrected chi connectivity index (χ2v) is 1.82. The van der Waals surface area contributed by atoms with E-state index >= 15 is 0 Å². The van der Waals surface area contributed by atoms with Crippen LogP contribution in [0.5, 0.6) is 0 Å². The van der Waals surface area contributed by atoms with E-state index in [4.69, 9.17) is 15.3 Å². The summed E-state index contributed by atoms with van der Waals surface area (Å²) in [5.74, 6) is 0. The molecular weight excluding hydrogens is 122 g/mol. The predicted octanol–water partition coefficient (Wildman–Crippen LogP) is -1.73. The zero-order valence-electron chi connectivity index (χ0n) is 5.41. The molecule has 0 aromatic heterocycles. The molecule has 0 radical (unpaired) electrons. The van der Waals surface area contributed by atoms with Crippen LogP contribution < -0.4 is 5.32 Å². The van der Waals surface area contributed by atoms with E-state index in [0.29, 0.717) is 6.42 Å². The van der Waals surface area contributed by atoms with Crippen molar-refractivity contribution in [2.24, 2.45) is 0 Å². The van der Waals surface area contributed by atoms with Crippen molar-refractivity contribution in [2.75, 3.05) is 13.7 Å². The first kappa shape index (κ1) is 8.84. The van der Waals surface area contributed by atoms with Gasteiger partial charge in [-0.3, -0.25) is 0 Å². The summed E-state index contributed by atoms with van der Waals surface area (Å²) in [7, 11) is 1.61. The zero-order valence-corrected chi connectivity index (χ0v) is 5.41. The largest absolute Gasteiger partial charge is 0.396 e. The van der Waals surface area contributed by atoms with Gasteiger partial charge >= 0.3 is 0 Å². The maximum atomic E-state index is 8.53. The first-order valence-electron chi connectivity index (χ1n) is 2.86. The van der Waals surface area contributed by atoms with Gasteiger partial charge in [-0.1, -0.05) is 0 Å². The number of likely N-dealkylation sites (N-methyl/N-ethyl adjacent to an activating group) is 1. The van der Waals surface area contributed by atoms with Crippen molar-refractivity contribution in [3.63, 3.8) is 0 Å². The van der Waals surface area contributed by atoms with Gasteiger partial charge in [-0.25, -0.2) is 0 Å². The summed E-state index contributed by atoms with van der Waals surface area (Å²) in [5, 5.41) is 28.0. The highest BCUT2D eigenvalue weighted by molar-refractivity contribution is 4.64. The van der Waals surface area contributed by atoms with Crippen LogP contribution in [0.25, 0.3) is 0 Å². The maximum Gasteiger partial charge on any atom is 0.167 e. The maximum absolute atomic E-state index is 8.53. The molecule has 1 atom stereocenters. The minimum Gasteiger partial charge on any atom is -0.396 e. The quantitative estimate of drug-likeness (QED) is 0.346. The fraction of sp³-hybridized carbons (Fsp3) is 1.00. The molecule has 4 N–H and O–H groups in total. The third-order valence-electron chi connectivity index (χ3n) is 1.17. The second kappa shape index (κ2) is 4.69. The van der Waals surface area contributed by atoms with Crippen molar-refractivity contribution in [1.29, 1.82) is 0 Å². The molecule has 4 nitrogen and oxygen atoms in total. The molecule has 4 heteroatoms. The van der Waals surface area contributed by atoms with Crippen LogP contribution in [0.2, 0.25) is 0 Å². The molecule has 0 saturated carbocycles. The molecule has 0 heterocycles. The van der Waals surface area contributed by atoms with Crippen LogP contribution in [0.4, 0.5) is 0 Å². The monoisotopic (exact) mass is 135 g/mol. The Morgan fingerprint density at radius 2 is 2.00 bits per heavy atom. The number of hydrogen-bond acceptors (Lipinski definition) is 4. The molecule has 0 aliphatic carbocycles. The minimum atomic E-state index is -1.39. The number of aliphatic hydroxyl groups is 3. The van der Waals surface area contributed by atoms with Crippen LogP contribution in [-0.4, -0.2) is 41.3 Å². The van der Waals surface area contributed by atoms with Crippen LogP contribution in [-0.2, 0) is 0 Å². The highest BCUT2D eigenvalue weighted by Gasteiger charge is 2.11. The van der Waals surface area contributed by atoms with E-state index in [1.54, 1.807) is 7.05 Å². The lowest BCUT2D eigenvalue weighted by molar-refractivity contribution is -0.0695. The molecule has 9 heavy (non-hydrogen) atoms. The van der Waals surface area contributed by atoms with Gasteiger partial charge in [-0.2, -0.15) is 0 Å². The van der Waals surface area contributed by atoms with Crippen LogP contribution >= 0.6 is 0 Å². The van der Waals surface area contributed by atoms with Crippen molar-refractivity contribution in [2.45, 2.75) is 18.8 Å². The van der Waals surface area contributed by atoms with Crippen LogP contribution in [0.1, 0.15) is 6.42 Å². The summed E-state index contributed by atoms with van der Waals surface area (Å²) in [4.78, 5) is 0. The molecule has 1 unspecified atom stereocenters. The molecule has 0 rings (SSSR count). The topological polar surface area (TPSA) is 72.7 Å². The van der Waals surface area contributed by atoms with Crippen LogP contribution in [0, 0.1) is 0 Å². The number of hydrogen-bond donors (Lipinski definition) is 4. The SMILES string of the molecule is CNC(CCO)C(O)O. The van der Waals surface area contributed by atoms with Gasteiger partial charge in [0.2, 0.25) is 0 Å². The standard InChI is InChI=1S/C5H13NO3/c1-6-4(2-3-7)5(8)9/h4-9H,2-3H2,1H3. The Morgan fingerprint density at radius 1 is 1.44 bits per heavy atom. The first-order valence-corrected chi connectivity index (χ1v) is 2.86. The van der Waals surface area contributed by atoms with Gasteiger partial charge in [0.25, 0.3) is 0 Å². The van der Waals surface area contributed by atoms with Gasteiger partial charge in [-0.15, -0.1) is 0 Å². The van der Waals surface area contributed by atoms with Crippen molar-refractivity contribution in [3.05, 3.63) is 0 Å². The van der Waals surface area contributed by atoms with Gasteiger partial charge in [0, 0.05) is 6.61 Å². The third-order valence-corrected chi connectivity index (χ3v) is 1.17. The van der Waals surface area contributed by atoms with E-state index in [2.05, 4.69) is 5.32 Å². The summed E-state index contributed by atoms with van der Waals surface area (Å²) in [6.45, 7) is -0.0386. The third kappa shape index (κ3) is 3.42. The number of nitrogens with one attached hydrogen (secondary N) is 1. The lowest BCUT2D eigenvalue weighted by Gasteiger charge is -2.15. The molecule has 0 fully saturated rings. The van der Waals surface area contributed by atoms with Gasteiger partial charge in [0.05, 0.1) is 6.04 Å². The van der Waals surface area contributed by atoms with Crippen LogP contribution in [0.15, 0.2) is 0 Å². The molecule has 0 amide bonds. The van der Waals surface area contributed by atoms with E-state index < -0.39 is 12.3 Å². The van der Waals surface area contributed by atoms with E-state index in [-0.39, 0.29) is 6.61 Å². The van der Waals surface area contributed by atoms with Gasteiger partial charge < -0.3 is 20.6 Å². The van der Waals surface area contributed by atoms with E-state index in [1.807, 2.05) is 0 Å². The normalized spacial score (nSPS) is 14.3. The summed E-state index contributed by atoms with van der Waals surface area (Å²) >= 11 is 0. The molecule has 0 aliphatic rings. The molecule has 0 aromatic carbocycles. The van der Waals surface area contributed by atoms with Gasteiger partial charge in [-0.05, 0) is 13.5 Å². The molecular formula is C5H13NO3. The zero-order chi connectivity index (χ0) is 7.28. The Kier molecular flexibility index (Phi) is 4.61. The lowest BCUT2D eigenvalue weighted by Crippen LogP contribution is -2.38. The van der Waals surface area contributed by atoms with Crippen molar-refractivity contribution in [3.8, 4) is 0 Å². The molecule has 0 spiro atoms. The summed E-state index contributed by atoms with van der Waals surface area (Å²) in [6, 6.07) is -0.421. The fourth-order valence-corrected chi connectivity index (χ4v) is 0.582. The average Bonchev–Trinajstić information content (AvgIpc) is 1.82. The number of rotatable bonds is 4. The minimum absolute atomic E-state index is 0.0386. The molecule has 0 saturated heterocycles. The van der Waals surface area contributed by atoms with Gasteiger partial charge in [0.1, 0.15) is 0 Å². The summed E-state index contributed by atoms with van der Waals surface area (Å²) < 4.78 is 0. The Morgan fingerprint density at radius 3 is 2.11 bits per heavy atom. The van der Waals surface area contributed by atoms with Crippen molar-refractivity contribution < 1.29 is 15.3 Å². The highest BCUT2D eigenvalue weighted by atomic mass is 16.5. The lowest BCUT2D eigenvalue weighted by atomic mass is 10.2. The van der Waals surface area contributed by atoms with E-state index in [1.165, 1.54) is 0 Å². The first-order chi connectivity index (χ1) is 4.22. The van der Waals surface area contributed by atoms with Crippen LogP contribution in [0.3, 0.4) is 0 Å². The Balaban J connectivity index is 3.41. The second-order valence-electron chi connectivity index (χ2n) is 1.82. The Bertz CT molecular complexity index is 67.2. The van der Waals surface area contributed by atoms with Gasteiger partial charge in [0.15, 0.2) is 6.29 Å².